The van der Waals surface area contributed by atoms with Gasteiger partial charge in [0.2, 0.25) is 0 Å². The Morgan fingerprint density at radius 3 is 2.95 bits per heavy atom. The van der Waals surface area contributed by atoms with Crippen molar-refractivity contribution in [3.05, 3.63) is 54.2 Å². The normalized spacial score (nSPS) is 15.4. The largest absolute Gasteiger partial charge is 0.314 e. The number of hydrogen-bond acceptors (Lipinski definition) is 2. The molecule has 2 aromatic rings. The Labute approximate surface area is 114 Å². The Morgan fingerprint density at radius 1 is 1.16 bits per heavy atom. The van der Waals surface area contributed by atoms with E-state index in [0.29, 0.717) is 0 Å². The summed E-state index contributed by atoms with van der Waals surface area (Å²) in [5.74, 6) is 0. The molecule has 98 valence electrons. The number of aromatic nitrogens is 1. The van der Waals surface area contributed by atoms with E-state index < -0.39 is 0 Å². The van der Waals surface area contributed by atoms with Gasteiger partial charge in [0.1, 0.15) is 0 Å². The minimum absolute atomic E-state index is 0.817. The number of nitrogens with one attached hydrogen (secondary N) is 1. The summed E-state index contributed by atoms with van der Waals surface area (Å²) >= 11 is 0. The fourth-order valence-corrected chi connectivity index (χ4v) is 2.32. The maximum absolute atomic E-state index is 4.39. The summed E-state index contributed by atoms with van der Waals surface area (Å²) in [7, 11) is 0. The molecule has 0 amide bonds. The molecular formula is C17H20N2. The number of para-hydroxylation sites is 1. The van der Waals surface area contributed by atoms with Crippen LogP contribution in [-0.4, -0.2) is 17.6 Å². The smallest absolute Gasteiger partial charge is 0.0704 e. The highest BCUT2D eigenvalue weighted by Gasteiger charge is 2.19. The highest BCUT2D eigenvalue weighted by Crippen LogP contribution is 2.18. The van der Waals surface area contributed by atoms with Crippen molar-refractivity contribution in [2.45, 2.75) is 31.7 Å². The van der Waals surface area contributed by atoms with Crippen LogP contribution in [0.2, 0.25) is 0 Å². The molecule has 0 spiro atoms. The van der Waals surface area contributed by atoms with Crippen molar-refractivity contribution >= 4 is 10.9 Å². The summed E-state index contributed by atoms with van der Waals surface area (Å²) < 4.78 is 0. The van der Waals surface area contributed by atoms with Gasteiger partial charge in [-0.3, -0.25) is 4.98 Å². The van der Waals surface area contributed by atoms with Gasteiger partial charge in [-0.2, -0.15) is 0 Å². The lowest BCUT2D eigenvalue weighted by molar-refractivity contribution is 0.690. The minimum Gasteiger partial charge on any atom is -0.314 e. The average Bonchev–Trinajstić information content (AvgIpc) is 3.27. The van der Waals surface area contributed by atoms with Gasteiger partial charge in [-0.15, -0.1) is 0 Å². The van der Waals surface area contributed by atoms with Gasteiger partial charge < -0.3 is 5.32 Å². The summed E-state index contributed by atoms with van der Waals surface area (Å²) in [6.07, 6.45) is 11.3. The van der Waals surface area contributed by atoms with Gasteiger partial charge in [0.05, 0.1) is 5.52 Å². The summed E-state index contributed by atoms with van der Waals surface area (Å²) in [6, 6.07) is 11.3. The molecule has 0 aliphatic heterocycles. The molecule has 0 radical (unpaired) electrons. The molecule has 1 heterocycles. The Morgan fingerprint density at radius 2 is 2.05 bits per heavy atom. The van der Waals surface area contributed by atoms with E-state index in [2.05, 4.69) is 46.7 Å². The molecule has 2 nitrogen and oxygen atoms in total. The van der Waals surface area contributed by atoms with E-state index in [1.54, 1.807) is 0 Å². The monoisotopic (exact) mass is 252 g/mol. The van der Waals surface area contributed by atoms with Crippen LogP contribution in [0.4, 0.5) is 0 Å². The fourth-order valence-electron chi connectivity index (χ4n) is 2.32. The van der Waals surface area contributed by atoms with E-state index in [0.717, 1.165) is 30.9 Å². The van der Waals surface area contributed by atoms with E-state index in [9.17, 15) is 0 Å². The van der Waals surface area contributed by atoms with Crippen molar-refractivity contribution in [2.75, 3.05) is 6.54 Å². The second-order valence-electron chi connectivity index (χ2n) is 5.18. The van der Waals surface area contributed by atoms with Crippen LogP contribution in [0.1, 0.15) is 24.8 Å². The number of pyridine rings is 1. The van der Waals surface area contributed by atoms with Crippen LogP contribution < -0.4 is 5.32 Å². The number of rotatable bonds is 6. The van der Waals surface area contributed by atoms with Crippen molar-refractivity contribution in [1.82, 2.24) is 10.3 Å². The maximum Gasteiger partial charge on any atom is 0.0704 e. The van der Waals surface area contributed by atoms with E-state index in [1.807, 2.05) is 12.3 Å². The maximum atomic E-state index is 4.39. The number of fused-ring (bicyclic) bond motifs is 1. The van der Waals surface area contributed by atoms with E-state index >= 15 is 0 Å². The van der Waals surface area contributed by atoms with Crippen LogP contribution in [0.25, 0.3) is 10.9 Å². The van der Waals surface area contributed by atoms with Gasteiger partial charge in [-0.25, -0.2) is 0 Å². The Kier molecular flexibility index (Phi) is 3.89. The molecule has 0 unspecified atom stereocenters. The molecule has 1 aromatic heterocycles. The zero-order chi connectivity index (χ0) is 12.9. The topological polar surface area (TPSA) is 24.9 Å². The van der Waals surface area contributed by atoms with Crippen LogP contribution in [0, 0.1) is 0 Å². The SMILES string of the molecule is C(=CCc1ccnc2ccccc12)CCNC1CC1. The summed E-state index contributed by atoms with van der Waals surface area (Å²) in [4.78, 5) is 4.39. The van der Waals surface area contributed by atoms with Crippen LogP contribution in [0.15, 0.2) is 48.7 Å². The Hall–Kier alpha value is -1.67. The number of allylic oxidation sites excluding steroid dienone is 1. The molecule has 1 aliphatic carbocycles. The van der Waals surface area contributed by atoms with Gasteiger partial charge in [-0.05, 0) is 49.9 Å². The van der Waals surface area contributed by atoms with Gasteiger partial charge in [0.25, 0.3) is 0 Å². The van der Waals surface area contributed by atoms with Gasteiger partial charge in [0.15, 0.2) is 0 Å². The second kappa shape index (κ2) is 5.98. The van der Waals surface area contributed by atoms with Gasteiger partial charge in [0, 0.05) is 17.6 Å². The van der Waals surface area contributed by atoms with Crippen molar-refractivity contribution in [3.8, 4) is 0 Å². The second-order valence-corrected chi connectivity index (χ2v) is 5.18. The highest BCUT2D eigenvalue weighted by molar-refractivity contribution is 5.81. The van der Waals surface area contributed by atoms with Crippen molar-refractivity contribution < 1.29 is 0 Å². The van der Waals surface area contributed by atoms with Gasteiger partial charge >= 0.3 is 0 Å². The summed E-state index contributed by atoms with van der Waals surface area (Å²) in [5.41, 5.74) is 2.45. The Balaban J connectivity index is 1.56. The number of nitrogens with zero attached hydrogens (tertiary/aromatic N) is 1. The molecule has 0 bridgehead atoms. The average molecular weight is 252 g/mol. The molecule has 1 N–H and O–H groups in total. The lowest BCUT2D eigenvalue weighted by Gasteiger charge is -2.03. The molecular weight excluding hydrogens is 232 g/mol. The lowest BCUT2D eigenvalue weighted by atomic mass is 10.1. The quantitative estimate of drug-likeness (QED) is 0.629. The molecule has 1 aliphatic rings. The first-order chi connectivity index (χ1) is 9.43. The van der Waals surface area contributed by atoms with Crippen molar-refractivity contribution in [3.63, 3.8) is 0 Å². The number of benzene rings is 1. The first-order valence-electron chi connectivity index (χ1n) is 7.14. The Bertz CT molecular complexity index is 565. The lowest BCUT2D eigenvalue weighted by Crippen LogP contribution is -2.16. The molecule has 3 rings (SSSR count). The third-order valence-electron chi connectivity index (χ3n) is 3.57. The zero-order valence-corrected chi connectivity index (χ0v) is 11.2. The highest BCUT2D eigenvalue weighted by atomic mass is 14.9. The van der Waals surface area contributed by atoms with E-state index in [1.165, 1.54) is 23.8 Å². The van der Waals surface area contributed by atoms with E-state index in [4.69, 9.17) is 0 Å². The van der Waals surface area contributed by atoms with E-state index in [-0.39, 0.29) is 0 Å². The van der Waals surface area contributed by atoms with Crippen LogP contribution in [0.3, 0.4) is 0 Å². The van der Waals surface area contributed by atoms with Crippen molar-refractivity contribution in [1.29, 1.82) is 0 Å². The predicted molar refractivity (Wildman–Crippen MR) is 80.2 cm³/mol. The molecule has 19 heavy (non-hydrogen) atoms. The minimum atomic E-state index is 0.817. The van der Waals surface area contributed by atoms with Gasteiger partial charge in [-0.1, -0.05) is 30.4 Å². The fraction of sp³-hybridized carbons (Fsp3) is 0.353. The first kappa shape index (κ1) is 12.4. The third-order valence-corrected chi connectivity index (χ3v) is 3.57. The third kappa shape index (κ3) is 3.42. The molecule has 0 saturated heterocycles. The molecule has 2 heteroatoms. The first-order valence-corrected chi connectivity index (χ1v) is 7.14. The molecule has 1 fully saturated rings. The van der Waals surface area contributed by atoms with Crippen LogP contribution in [-0.2, 0) is 6.42 Å². The van der Waals surface area contributed by atoms with Crippen molar-refractivity contribution in [2.24, 2.45) is 0 Å². The zero-order valence-electron chi connectivity index (χ0n) is 11.2. The summed E-state index contributed by atoms with van der Waals surface area (Å²) in [6.45, 7) is 1.11. The molecule has 0 atom stereocenters. The standard InChI is InChI=1S/C17H20N2/c1(5-12-18-15-9-10-15)2-6-14-11-13-19-17-8-4-3-7-16(14)17/h1-4,7-8,11,13,15,18H,5-6,9-10,12H2. The predicted octanol–water partition coefficient (Wildman–Crippen LogP) is 3.48. The van der Waals surface area contributed by atoms with Crippen LogP contribution >= 0.6 is 0 Å². The molecule has 1 aromatic carbocycles. The summed E-state index contributed by atoms with van der Waals surface area (Å²) in [5, 5.41) is 4.79. The number of hydrogen-bond donors (Lipinski definition) is 1. The van der Waals surface area contributed by atoms with Crippen LogP contribution in [0.5, 0.6) is 0 Å². The molecule has 1 saturated carbocycles.